The summed E-state index contributed by atoms with van der Waals surface area (Å²) >= 11 is 0. The molecular weight excluding hydrogens is 757 g/mol. The van der Waals surface area contributed by atoms with Gasteiger partial charge in [0.1, 0.15) is 13.2 Å². The van der Waals surface area contributed by atoms with Crippen molar-refractivity contribution in [2.24, 2.45) is 5.92 Å². The third-order valence-electron chi connectivity index (χ3n) is 12.5. The molecule has 0 aliphatic carbocycles. The van der Waals surface area contributed by atoms with Crippen molar-refractivity contribution < 1.29 is 28.6 Å². The molecule has 0 amide bonds. The number of unbranched alkanes of at least 4 members (excludes halogenated alkanes) is 37. The highest BCUT2D eigenvalue weighted by Crippen LogP contribution is 2.17. The van der Waals surface area contributed by atoms with Crippen LogP contribution in [0, 0.1) is 5.92 Å². The second kappa shape index (κ2) is 49.4. The van der Waals surface area contributed by atoms with Crippen LogP contribution in [-0.2, 0) is 28.6 Å². The summed E-state index contributed by atoms with van der Waals surface area (Å²) in [6.45, 7) is 9.01. The highest BCUT2D eigenvalue weighted by molar-refractivity contribution is 5.71. The van der Waals surface area contributed by atoms with Crippen LogP contribution in [0.4, 0.5) is 0 Å². The number of ether oxygens (including phenoxy) is 3. The molecule has 0 heterocycles. The number of hydrogen-bond acceptors (Lipinski definition) is 6. The molecule has 1 atom stereocenters. The molecule has 0 radical (unpaired) electrons. The molecule has 0 aliphatic rings. The van der Waals surface area contributed by atoms with Crippen molar-refractivity contribution in [3.05, 3.63) is 0 Å². The minimum atomic E-state index is -0.761. The third kappa shape index (κ3) is 49.3. The Balaban J connectivity index is 4.25. The summed E-state index contributed by atoms with van der Waals surface area (Å²) in [6.07, 6.45) is 52.4. The van der Waals surface area contributed by atoms with Crippen LogP contribution in [0.25, 0.3) is 0 Å². The fourth-order valence-corrected chi connectivity index (χ4v) is 8.39. The van der Waals surface area contributed by atoms with Gasteiger partial charge in [-0.05, 0) is 25.2 Å². The number of hydrogen-bond donors (Lipinski definition) is 0. The van der Waals surface area contributed by atoms with Crippen LogP contribution in [0.15, 0.2) is 0 Å². The fraction of sp³-hybridized carbons (Fsp3) is 0.945. The normalized spacial score (nSPS) is 12.0. The minimum Gasteiger partial charge on any atom is -0.462 e. The molecule has 6 heteroatoms. The highest BCUT2D eigenvalue weighted by atomic mass is 16.6. The van der Waals surface area contributed by atoms with E-state index >= 15 is 0 Å². The molecule has 0 aromatic heterocycles. The molecule has 0 aromatic carbocycles. The van der Waals surface area contributed by atoms with Gasteiger partial charge in [-0.1, -0.05) is 272 Å². The van der Waals surface area contributed by atoms with Gasteiger partial charge in [0.05, 0.1) is 0 Å². The van der Waals surface area contributed by atoms with Gasteiger partial charge in [-0.3, -0.25) is 14.4 Å². The average molecular weight is 863 g/mol. The van der Waals surface area contributed by atoms with Gasteiger partial charge in [0.15, 0.2) is 6.10 Å². The SMILES string of the molecule is CCCCCCCCCCCCCCCCCCCCC(=O)OC[C@@H](COC(=O)CCCCCCCCCCCCCCCC)OC(=O)CCCCCCCCCCC(C)C. The van der Waals surface area contributed by atoms with Crippen molar-refractivity contribution in [1.82, 2.24) is 0 Å². The van der Waals surface area contributed by atoms with Gasteiger partial charge in [0.2, 0.25) is 0 Å². The zero-order valence-corrected chi connectivity index (χ0v) is 41.6. The molecule has 0 saturated carbocycles. The van der Waals surface area contributed by atoms with Crippen molar-refractivity contribution in [3.63, 3.8) is 0 Å². The molecule has 0 bridgehead atoms. The van der Waals surface area contributed by atoms with Gasteiger partial charge >= 0.3 is 17.9 Å². The maximum Gasteiger partial charge on any atom is 0.306 e. The van der Waals surface area contributed by atoms with Crippen LogP contribution in [0.1, 0.15) is 310 Å². The van der Waals surface area contributed by atoms with Crippen LogP contribution in [0.2, 0.25) is 0 Å². The van der Waals surface area contributed by atoms with Crippen molar-refractivity contribution in [2.45, 2.75) is 316 Å². The first kappa shape index (κ1) is 59.4. The zero-order chi connectivity index (χ0) is 44.5. The summed E-state index contributed by atoms with van der Waals surface area (Å²) in [4.78, 5) is 38.0. The largest absolute Gasteiger partial charge is 0.462 e. The Hall–Kier alpha value is -1.59. The van der Waals surface area contributed by atoms with E-state index in [0.717, 1.165) is 63.7 Å². The van der Waals surface area contributed by atoms with E-state index in [1.807, 2.05) is 0 Å². The summed E-state index contributed by atoms with van der Waals surface area (Å²) in [5.41, 5.74) is 0. The van der Waals surface area contributed by atoms with Crippen LogP contribution in [-0.4, -0.2) is 37.2 Å². The summed E-state index contributed by atoms with van der Waals surface area (Å²) < 4.78 is 16.8. The van der Waals surface area contributed by atoms with Gasteiger partial charge in [0, 0.05) is 19.3 Å². The lowest BCUT2D eigenvalue weighted by atomic mass is 10.0. The maximum atomic E-state index is 12.8. The molecule has 6 nitrogen and oxygen atoms in total. The van der Waals surface area contributed by atoms with E-state index in [1.165, 1.54) is 205 Å². The Labute approximate surface area is 380 Å². The molecule has 362 valence electrons. The zero-order valence-electron chi connectivity index (χ0n) is 41.6. The van der Waals surface area contributed by atoms with Crippen molar-refractivity contribution in [3.8, 4) is 0 Å². The van der Waals surface area contributed by atoms with Crippen LogP contribution in [0.5, 0.6) is 0 Å². The predicted octanol–water partition coefficient (Wildman–Crippen LogP) is 17.8. The molecular formula is C55H106O6. The molecule has 0 aliphatic heterocycles. The number of carbonyl (C=O) groups excluding carboxylic acids is 3. The van der Waals surface area contributed by atoms with E-state index in [0.29, 0.717) is 19.3 Å². The first-order valence-corrected chi connectivity index (χ1v) is 27.4. The Morgan fingerprint density at radius 1 is 0.311 bits per heavy atom. The predicted molar refractivity (Wildman–Crippen MR) is 261 cm³/mol. The highest BCUT2D eigenvalue weighted by Gasteiger charge is 2.19. The Bertz CT molecular complexity index is 918. The number of carbonyl (C=O) groups is 3. The van der Waals surface area contributed by atoms with Crippen LogP contribution < -0.4 is 0 Å². The molecule has 0 spiro atoms. The molecule has 0 N–H and O–H groups in total. The molecule has 0 fully saturated rings. The van der Waals surface area contributed by atoms with Gasteiger partial charge in [-0.2, -0.15) is 0 Å². The summed E-state index contributed by atoms with van der Waals surface area (Å²) in [5, 5.41) is 0. The first-order chi connectivity index (χ1) is 29.9. The van der Waals surface area contributed by atoms with Gasteiger partial charge in [-0.15, -0.1) is 0 Å². The second-order valence-corrected chi connectivity index (χ2v) is 19.3. The van der Waals surface area contributed by atoms with Gasteiger partial charge in [0.25, 0.3) is 0 Å². The average Bonchev–Trinajstić information content (AvgIpc) is 3.24. The lowest BCUT2D eigenvalue weighted by molar-refractivity contribution is -0.167. The van der Waals surface area contributed by atoms with E-state index in [-0.39, 0.29) is 31.1 Å². The van der Waals surface area contributed by atoms with E-state index in [2.05, 4.69) is 27.7 Å². The summed E-state index contributed by atoms with van der Waals surface area (Å²) in [6, 6.07) is 0. The van der Waals surface area contributed by atoms with Crippen molar-refractivity contribution in [1.29, 1.82) is 0 Å². The van der Waals surface area contributed by atoms with Gasteiger partial charge < -0.3 is 14.2 Å². The smallest absolute Gasteiger partial charge is 0.306 e. The second-order valence-electron chi connectivity index (χ2n) is 19.3. The maximum absolute atomic E-state index is 12.8. The number of rotatable bonds is 50. The van der Waals surface area contributed by atoms with E-state index in [9.17, 15) is 14.4 Å². The summed E-state index contributed by atoms with van der Waals surface area (Å²) in [7, 11) is 0. The molecule has 0 aromatic rings. The monoisotopic (exact) mass is 863 g/mol. The third-order valence-corrected chi connectivity index (χ3v) is 12.5. The summed E-state index contributed by atoms with van der Waals surface area (Å²) in [5.74, 6) is -0.0494. The first-order valence-electron chi connectivity index (χ1n) is 27.4. The van der Waals surface area contributed by atoms with E-state index in [4.69, 9.17) is 14.2 Å². The fourth-order valence-electron chi connectivity index (χ4n) is 8.39. The molecule has 0 unspecified atom stereocenters. The Morgan fingerprint density at radius 3 is 0.803 bits per heavy atom. The Morgan fingerprint density at radius 2 is 0.541 bits per heavy atom. The minimum absolute atomic E-state index is 0.0629. The topological polar surface area (TPSA) is 78.9 Å². The van der Waals surface area contributed by atoms with Crippen molar-refractivity contribution >= 4 is 17.9 Å². The Kier molecular flexibility index (Phi) is 48.1. The van der Waals surface area contributed by atoms with Crippen LogP contribution in [0.3, 0.4) is 0 Å². The van der Waals surface area contributed by atoms with E-state index < -0.39 is 6.10 Å². The standard InChI is InChI=1S/C55H106O6/c1-5-7-9-11-13-15-17-19-21-22-23-24-26-28-30-35-39-43-47-54(57)60-50-52(61-55(58)48-44-40-36-32-31-33-37-41-45-51(3)4)49-59-53(56)46-42-38-34-29-27-25-20-18-16-14-12-10-8-6-2/h51-52H,5-50H2,1-4H3/t52-/m1/s1. The molecule has 0 saturated heterocycles. The quantitative estimate of drug-likeness (QED) is 0.0344. The number of esters is 3. The lowest BCUT2D eigenvalue weighted by Crippen LogP contribution is -2.30. The van der Waals surface area contributed by atoms with Gasteiger partial charge in [-0.25, -0.2) is 0 Å². The lowest BCUT2D eigenvalue weighted by Gasteiger charge is -2.18. The van der Waals surface area contributed by atoms with Crippen molar-refractivity contribution in [2.75, 3.05) is 13.2 Å². The van der Waals surface area contributed by atoms with E-state index in [1.54, 1.807) is 0 Å². The molecule has 61 heavy (non-hydrogen) atoms. The van der Waals surface area contributed by atoms with Crippen LogP contribution >= 0.6 is 0 Å². The molecule has 0 rings (SSSR count).